The normalized spacial score (nSPS) is 24.1. The van der Waals surface area contributed by atoms with Crippen LogP contribution < -0.4 is 15.5 Å². The highest BCUT2D eigenvalue weighted by atomic mass is 16.5. The summed E-state index contributed by atoms with van der Waals surface area (Å²) < 4.78 is 17.9. The van der Waals surface area contributed by atoms with Gasteiger partial charge in [0.25, 0.3) is 0 Å². The molecule has 3 aliphatic heterocycles. The summed E-state index contributed by atoms with van der Waals surface area (Å²) in [4.78, 5) is 19.2. The molecular formula is C26H30N6O3. The van der Waals surface area contributed by atoms with Gasteiger partial charge in [-0.05, 0) is 36.2 Å². The van der Waals surface area contributed by atoms with Gasteiger partial charge in [-0.15, -0.1) is 0 Å². The van der Waals surface area contributed by atoms with Gasteiger partial charge in [-0.1, -0.05) is 30.3 Å². The van der Waals surface area contributed by atoms with Gasteiger partial charge in [0.1, 0.15) is 0 Å². The number of morpholine rings is 2. The van der Waals surface area contributed by atoms with E-state index in [4.69, 9.17) is 34.9 Å². The van der Waals surface area contributed by atoms with Crippen molar-refractivity contribution in [1.29, 1.82) is 0 Å². The number of hydrogen-bond donors (Lipinski definition) is 1. The summed E-state index contributed by atoms with van der Waals surface area (Å²) in [6.45, 7) is 4.64. The Kier molecular flexibility index (Phi) is 6.20. The van der Waals surface area contributed by atoms with Crippen LogP contribution in [0.2, 0.25) is 0 Å². The molecule has 182 valence electrons. The molecule has 0 spiro atoms. The molecule has 2 bridgehead atoms. The van der Waals surface area contributed by atoms with Crippen LogP contribution in [0, 0.1) is 0 Å². The number of hydrogen-bond acceptors (Lipinski definition) is 9. The second-order valence-electron chi connectivity index (χ2n) is 9.22. The maximum Gasteiger partial charge on any atom is 0.231 e. The molecule has 9 nitrogen and oxygen atoms in total. The van der Waals surface area contributed by atoms with Crippen LogP contribution in [0.5, 0.6) is 0 Å². The van der Waals surface area contributed by atoms with Crippen molar-refractivity contribution in [2.75, 3.05) is 55.1 Å². The van der Waals surface area contributed by atoms with Crippen LogP contribution >= 0.6 is 0 Å². The summed E-state index contributed by atoms with van der Waals surface area (Å²) in [5, 5.41) is 0. The lowest BCUT2D eigenvalue weighted by Crippen LogP contribution is -2.49. The Morgan fingerprint density at radius 3 is 2.46 bits per heavy atom. The fourth-order valence-electron chi connectivity index (χ4n) is 5.05. The average molecular weight is 475 g/mol. The molecule has 2 N–H and O–H groups in total. The SMILES string of the molecule is Nc1ccc(-c2nc(N3CCOCC3)nc(N3[C@H]4COC[C@@H]3[C@@H](OCc3ccccc3)C4)n2)cc1. The van der Waals surface area contributed by atoms with E-state index in [9.17, 15) is 0 Å². The number of rotatable bonds is 6. The predicted octanol–water partition coefficient (Wildman–Crippen LogP) is 2.52. The summed E-state index contributed by atoms with van der Waals surface area (Å²) in [6, 6.07) is 18.2. The molecule has 3 saturated heterocycles. The topological polar surface area (TPSA) is 98.9 Å². The predicted molar refractivity (Wildman–Crippen MR) is 133 cm³/mol. The first-order valence-corrected chi connectivity index (χ1v) is 12.2. The van der Waals surface area contributed by atoms with Gasteiger partial charge in [0.15, 0.2) is 5.82 Å². The molecule has 0 radical (unpaired) electrons. The van der Waals surface area contributed by atoms with E-state index in [1.54, 1.807) is 0 Å². The molecule has 3 aromatic rings. The minimum absolute atomic E-state index is 0.0475. The van der Waals surface area contributed by atoms with Crippen LogP contribution in [0.15, 0.2) is 54.6 Å². The van der Waals surface area contributed by atoms with Gasteiger partial charge in [0.05, 0.1) is 51.2 Å². The van der Waals surface area contributed by atoms with Gasteiger partial charge >= 0.3 is 0 Å². The lowest BCUT2D eigenvalue weighted by Gasteiger charge is -2.36. The molecule has 35 heavy (non-hydrogen) atoms. The van der Waals surface area contributed by atoms with Gasteiger partial charge in [0.2, 0.25) is 11.9 Å². The lowest BCUT2D eigenvalue weighted by molar-refractivity contribution is 0.0163. The largest absolute Gasteiger partial charge is 0.399 e. The van der Waals surface area contributed by atoms with Crippen LogP contribution in [0.3, 0.4) is 0 Å². The van der Waals surface area contributed by atoms with Crippen LogP contribution in [-0.2, 0) is 20.8 Å². The molecule has 3 fully saturated rings. The zero-order chi connectivity index (χ0) is 23.6. The maximum absolute atomic E-state index is 6.40. The first kappa shape index (κ1) is 22.2. The third-order valence-corrected chi connectivity index (χ3v) is 6.90. The van der Waals surface area contributed by atoms with Crippen LogP contribution in [0.4, 0.5) is 17.6 Å². The van der Waals surface area contributed by atoms with Crippen LogP contribution in [0.1, 0.15) is 12.0 Å². The Morgan fingerprint density at radius 2 is 1.66 bits per heavy atom. The first-order chi connectivity index (χ1) is 17.2. The fraction of sp³-hybridized carbons (Fsp3) is 0.423. The molecule has 2 aromatic carbocycles. The second kappa shape index (κ2) is 9.77. The minimum atomic E-state index is 0.0475. The Labute approximate surface area is 204 Å². The van der Waals surface area contributed by atoms with E-state index in [0.29, 0.717) is 56.4 Å². The number of fused-ring (bicyclic) bond motifs is 2. The molecule has 0 saturated carbocycles. The van der Waals surface area contributed by atoms with E-state index in [0.717, 1.165) is 25.1 Å². The quantitative estimate of drug-likeness (QED) is 0.540. The second-order valence-corrected chi connectivity index (χ2v) is 9.22. The summed E-state index contributed by atoms with van der Waals surface area (Å²) in [5.74, 6) is 2.00. The summed E-state index contributed by atoms with van der Waals surface area (Å²) >= 11 is 0. The number of nitrogens with zero attached hydrogens (tertiary/aromatic N) is 5. The van der Waals surface area contributed by atoms with Gasteiger partial charge in [-0.3, -0.25) is 0 Å². The van der Waals surface area contributed by atoms with Crippen LogP contribution in [0.25, 0.3) is 11.4 Å². The molecule has 4 heterocycles. The number of benzene rings is 2. The van der Waals surface area contributed by atoms with Gasteiger partial charge in [-0.2, -0.15) is 15.0 Å². The highest BCUT2D eigenvalue weighted by molar-refractivity contribution is 5.62. The van der Waals surface area contributed by atoms with Gasteiger partial charge < -0.3 is 29.7 Å². The summed E-state index contributed by atoms with van der Waals surface area (Å²) in [5.41, 5.74) is 8.71. The molecule has 0 unspecified atom stereocenters. The van der Waals surface area contributed by atoms with Gasteiger partial charge in [-0.25, -0.2) is 0 Å². The van der Waals surface area contributed by atoms with Crippen molar-refractivity contribution in [3.8, 4) is 11.4 Å². The van der Waals surface area contributed by atoms with Crippen molar-refractivity contribution >= 4 is 17.6 Å². The molecule has 0 amide bonds. The van der Waals surface area contributed by atoms with E-state index in [2.05, 4.69) is 21.9 Å². The third kappa shape index (κ3) is 4.67. The summed E-state index contributed by atoms with van der Waals surface area (Å²) in [6.07, 6.45) is 0.930. The molecule has 3 aliphatic rings. The van der Waals surface area contributed by atoms with Crippen LogP contribution in [-0.4, -0.2) is 72.7 Å². The highest BCUT2D eigenvalue weighted by Crippen LogP contribution is 2.36. The zero-order valence-electron chi connectivity index (χ0n) is 19.6. The standard InChI is InChI=1S/C26H30N6O3/c27-20-8-6-19(7-9-20)24-28-25(31-10-12-33-13-11-31)30-26(29-24)32-21-14-23(22(32)17-34-16-21)35-15-18-4-2-1-3-5-18/h1-9,21-23H,10-17,27H2/t21-,22-,23+/m1/s1. The van der Waals surface area contributed by atoms with Crippen molar-refractivity contribution in [2.24, 2.45) is 0 Å². The van der Waals surface area contributed by atoms with Crippen molar-refractivity contribution in [3.63, 3.8) is 0 Å². The van der Waals surface area contributed by atoms with E-state index in [1.807, 2.05) is 42.5 Å². The Balaban J connectivity index is 1.32. The van der Waals surface area contributed by atoms with Crippen molar-refractivity contribution < 1.29 is 14.2 Å². The zero-order valence-corrected chi connectivity index (χ0v) is 19.6. The number of ether oxygens (including phenoxy) is 3. The minimum Gasteiger partial charge on any atom is -0.399 e. The Morgan fingerprint density at radius 1 is 0.886 bits per heavy atom. The van der Waals surface area contributed by atoms with Crippen molar-refractivity contribution in [3.05, 3.63) is 60.2 Å². The van der Waals surface area contributed by atoms with Crippen molar-refractivity contribution in [1.82, 2.24) is 15.0 Å². The smallest absolute Gasteiger partial charge is 0.231 e. The third-order valence-electron chi connectivity index (χ3n) is 6.90. The first-order valence-electron chi connectivity index (χ1n) is 12.2. The molecule has 0 aliphatic carbocycles. The lowest BCUT2D eigenvalue weighted by atomic mass is 10.1. The Hall–Kier alpha value is -3.27. The van der Waals surface area contributed by atoms with E-state index < -0.39 is 0 Å². The number of nitrogens with two attached hydrogens (primary N) is 1. The van der Waals surface area contributed by atoms with Crippen molar-refractivity contribution in [2.45, 2.75) is 31.2 Å². The number of aromatic nitrogens is 3. The highest BCUT2D eigenvalue weighted by Gasteiger charge is 2.46. The monoisotopic (exact) mass is 474 g/mol. The molecular weight excluding hydrogens is 444 g/mol. The summed E-state index contributed by atoms with van der Waals surface area (Å²) in [7, 11) is 0. The average Bonchev–Trinajstić information content (AvgIpc) is 3.13. The number of nitrogen functional groups attached to an aromatic ring is 1. The Bertz CT molecular complexity index is 1140. The molecule has 1 aromatic heterocycles. The molecule has 6 rings (SSSR count). The van der Waals surface area contributed by atoms with Gasteiger partial charge in [0, 0.05) is 24.3 Å². The van der Waals surface area contributed by atoms with E-state index in [1.165, 1.54) is 5.56 Å². The molecule has 3 atom stereocenters. The fourth-order valence-corrected chi connectivity index (χ4v) is 5.05. The van der Waals surface area contributed by atoms with E-state index >= 15 is 0 Å². The number of anilines is 3. The maximum atomic E-state index is 6.40. The molecule has 9 heteroatoms. The van der Waals surface area contributed by atoms with E-state index in [-0.39, 0.29) is 18.2 Å².